The summed E-state index contributed by atoms with van der Waals surface area (Å²) in [6.07, 6.45) is -0.297. The average Bonchev–Trinajstić information content (AvgIpc) is 2.34. The zero-order valence-corrected chi connectivity index (χ0v) is 9.72. The Balaban J connectivity index is 2.95. The molecule has 12 heavy (non-hydrogen) atoms. The van der Waals surface area contributed by atoms with E-state index >= 15 is 0 Å². The van der Waals surface area contributed by atoms with Crippen molar-refractivity contribution in [1.82, 2.24) is 0 Å². The Labute approximate surface area is 89.5 Å². The van der Waals surface area contributed by atoms with E-state index in [9.17, 15) is 8.78 Å². The minimum atomic E-state index is -1.37. The van der Waals surface area contributed by atoms with Gasteiger partial charge in [-0.15, -0.1) is 11.3 Å². The van der Waals surface area contributed by atoms with Crippen LogP contribution in [0, 0.1) is 0 Å². The van der Waals surface area contributed by atoms with Gasteiger partial charge in [-0.1, -0.05) is 0 Å². The number of halogens is 4. The molecule has 0 aliphatic heterocycles. The number of hydrogen-bond acceptors (Lipinski definition) is 1. The van der Waals surface area contributed by atoms with Gasteiger partial charge in [0.15, 0.2) is 6.17 Å². The van der Waals surface area contributed by atoms with Gasteiger partial charge in [-0.05, 0) is 37.9 Å². The summed E-state index contributed by atoms with van der Waals surface area (Å²) < 4.78 is 26.1. The highest BCUT2D eigenvalue weighted by molar-refractivity contribution is 9.13. The van der Waals surface area contributed by atoms with Gasteiger partial charge in [-0.25, -0.2) is 8.78 Å². The standard InChI is InChI=1S/C7H4Br2F2S/c8-4-3-12-7(6(4)9)5(11)1-2-10/h1-3,5H. The van der Waals surface area contributed by atoms with Gasteiger partial charge in [-0.2, -0.15) is 0 Å². The van der Waals surface area contributed by atoms with Crippen LogP contribution in [0.1, 0.15) is 11.0 Å². The van der Waals surface area contributed by atoms with Crippen molar-refractivity contribution >= 4 is 43.2 Å². The van der Waals surface area contributed by atoms with Gasteiger partial charge in [-0.3, -0.25) is 0 Å². The molecule has 0 aromatic carbocycles. The van der Waals surface area contributed by atoms with Crippen molar-refractivity contribution in [3.8, 4) is 0 Å². The third-order valence-corrected chi connectivity index (χ3v) is 4.82. The number of thiophene rings is 1. The van der Waals surface area contributed by atoms with E-state index < -0.39 is 6.17 Å². The maximum absolute atomic E-state index is 13.0. The quantitative estimate of drug-likeness (QED) is 0.737. The van der Waals surface area contributed by atoms with Crippen LogP contribution >= 0.6 is 43.2 Å². The molecule has 1 aromatic rings. The summed E-state index contributed by atoms with van der Waals surface area (Å²) in [5.41, 5.74) is 0. The van der Waals surface area contributed by atoms with Crippen LogP contribution in [0.2, 0.25) is 0 Å². The molecule has 0 spiro atoms. The number of alkyl halides is 1. The van der Waals surface area contributed by atoms with Crippen LogP contribution in [0.4, 0.5) is 8.78 Å². The molecule has 1 atom stereocenters. The Hall–Kier alpha value is 0.260. The van der Waals surface area contributed by atoms with Crippen LogP contribution in [0.3, 0.4) is 0 Å². The molecule has 0 radical (unpaired) electrons. The molecular weight excluding hydrogens is 314 g/mol. The molecule has 0 nitrogen and oxygen atoms in total. The lowest BCUT2D eigenvalue weighted by Crippen LogP contribution is -1.81. The zero-order chi connectivity index (χ0) is 9.14. The molecule has 0 bridgehead atoms. The first kappa shape index (κ1) is 10.3. The van der Waals surface area contributed by atoms with Crippen LogP contribution in [-0.4, -0.2) is 0 Å². The molecule has 0 aliphatic carbocycles. The summed E-state index contributed by atoms with van der Waals surface area (Å²) >= 11 is 7.64. The molecule has 0 amide bonds. The SMILES string of the molecule is FC=CC(F)c1scc(Br)c1Br. The summed E-state index contributed by atoms with van der Waals surface area (Å²) in [5.74, 6) is 0. The van der Waals surface area contributed by atoms with E-state index in [4.69, 9.17) is 0 Å². The largest absolute Gasteiger partial charge is 0.237 e. The van der Waals surface area contributed by atoms with Gasteiger partial charge < -0.3 is 0 Å². The fourth-order valence-electron chi connectivity index (χ4n) is 0.674. The third kappa shape index (κ3) is 2.14. The van der Waals surface area contributed by atoms with Crippen molar-refractivity contribution in [1.29, 1.82) is 0 Å². The van der Waals surface area contributed by atoms with Crippen molar-refractivity contribution in [2.24, 2.45) is 0 Å². The van der Waals surface area contributed by atoms with Gasteiger partial charge in [0, 0.05) is 14.3 Å². The summed E-state index contributed by atoms with van der Waals surface area (Å²) in [4.78, 5) is 0.468. The van der Waals surface area contributed by atoms with Crippen LogP contribution in [0.25, 0.3) is 0 Å². The Morgan fingerprint density at radius 2 is 2.17 bits per heavy atom. The summed E-state index contributed by atoms with van der Waals surface area (Å²) in [6, 6.07) is 0. The summed E-state index contributed by atoms with van der Waals surface area (Å²) in [7, 11) is 0. The molecule has 66 valence electrons. The lowest BCUT2D eigenvalue weighted by atomic mass is 10.3. The summed E-state index contributed by atoms with van der Waals surface area (Å²) in [6.45, 7) is 0. The molecule has 1 heterocycles. The first-order valence-corrected chi connectivity index (χ1v) is 5.46. The van der Waals surface area contributed by atoms with Crippen molar-refractivity contribution in [3.63, 3.8) is 0 Å². The number of allylic oxidation sites excluding steroid dienone is 1. The Morgan fingerprint density at radius 1 is 1.50 bits per heavy atom. The molecule has 0 fully saturated rings. The van der Waals surface area contributed by atoms with Crippen LogP contribution in [-0.2, 0) is 0 Å². The highest BCUT2D eigenvalue weighted by atomic mass is 79.9. The molecule has 1 unspecified atom stereocenters. The highest BCUT2D eigenvalue weighted by Crippen LogP contribution is 2.38. The van der Waals surface area contributed by atoms with Crippen molar-refractivity contribution in [2.75, 3.05) is 0 Å². The van der Waals surface area contributed by atoms with Crippen LogP contribution < -0.4 is 0 Å². The van der Waals surface area contributed by atoms with E-state index in [1.165, 1.54) is 11.3 Å². The molecule has 0 saturated carbocycles. The molecule has 5 heteroatoms. The first-order valence-electron chi connectivity index (χ1n) is 3.00. The maximum Gasteiger partial charge on any atom is 0.156 e. The van der Waals surface area contributed by atoms with Gasteiger partial charge in [0.25, 0.3) is 0 Å². The second kappa shape index (κ2) is 4.48. The van der Waals surface area contributed by atoms with Gasteiger partial charge in [0.1, 0.15) is 0 Å². The number of hydrogen-bond donors (Lipinski definition) is 0. The lowest BCUT2D eigenvalue weighted by molar-refractivity contribution is 0.415. The van der Waals surface area contributed by atoms with Gasteiger partial charge >= 0.3 is 0 Å². The Morgan fingerprint density at radius 3 is 2.58 bits per heavy atom. The fourth-order valence-corrected chi connectivity index (χ4v) is 2.83. The second-order valence-electron chi connectivity index (χ2n) is 1.98. The van der Waals surface area contributed by atoms with E-state index in [2.05, 4.69) is 31.9 Å². The minimum Gasteiger partial charge on any atom is -0.237 e. The third-order valence-electron chi connectivity index (χ3n) is 1.21. The highest BCUT2D eigenvalue weighted by Gasteiger charge is 2.14. The topological polar surface area (TPSA) is 0 Å². The molecular formula is C7H4Br2F2S. The molecule has 0 aliphatic rings. The normalized spacial score (nSPS) is 14.0. The summed E-state index contributed by atoms with van der Waals surface area (Å²) in [5, 5.41) is 1.75. The fraction of sp³-hybridized carbons (Fsp3) is 0.143. The van der Waals surface area contributed by atoms with E-state index in [0.29, 0.717) is 9.35 Å². The average molecular weight is 318 g/mol. The van der Waals surface area contributed by atoms with Crippen molar-refractivity contribution in [2.45, 2.75) is 6.17 Å². The minimum absolute atomic E-state index is 0.213. The predicted molar refractivity (Wildman–Crippen MR) is 53.8 cm³/mol. The van der Waals surface area contributed by atoms with Crippen molar-refractivity contribution in [3.05, 3.63) is 31.6 Å². The van der Waals surface area contributed by atoms with Gasteiger partial charge in [0.2, 0.25) is 0 Å². The molecule has 1 rings (SSSR count). The van der Waals surface area contributed by atoms with E-state index in [-0.39, 0.29) is 6.33 Å². The number of rotatable bonds is 2. The van der Waals surface area contributed by atoms with Crippen molar-refractivity contribution < 1.29 is 8.78 Å². The van der Waals surface area contributed by atoms with E-state index in [1.54, 1.807) is 5.38 Å². The van der Waals surface area contributed by atoms with Crippen LogP contribution in [0.5, 0.6) is 0 Å². The van der Waals surface area contributed by atoms with E-state index in [1.807, 2.05) is 0 Å². The predicted octanol–water partition coefficient (Wildman–Crippen LogP) is 4.77. The molecule has 1 aromatic heterocycles. The first-order chi connectivity index (χ1) is 5.66. The molecule has 0 saturated heterocycles. The Kier molecular flexibility index (Phi) is 3.86. The monoisotopic (exact) mass is 316 g/mol. The smallest absolute Gasteiger partial charge is 0.156 e. The van der Waals surface area contributed by atoms with Crippen LogP contribution in [0.15, 0.2) is 26.7 Å². The Bertz CT molecular complexity index is 296. The molecule has 0 N–H and O–H groups in total. The van der Waals surface area contributed by atoms with Gasteiger partial charge in [0.05, 0.1) is 11.2 Å². The maximum atomic E-state index is 13.0. The lowest BCUT2D eigenvalue weighted by Gasteiger charge is -1.98. The zero-order valence-electron chi connectivity index (χ0n) is 5.73. The second-order valence-corrected chi connectivity index (χ2v) is 4.54. The van der Waals surface area contributed by atoms with E-state index in [0.717, 1.165) is 10.5 Å².